The Morgan fingerprint density at radius 3 is 2.33 bits per heavy atom. The second-order valence-electron chi connectivity index (χ2n) is 4.87. The number of aryl methyl sites for hydroxylation is 1. The summed E-state index contributed by atoms with van der Waals surface area (Å²) in [5.74, 6) is -0.348. The second-order valence-corrected chi connectivity index (χ2v) is 4.87. The van der Waals surface area contributed by atoms with E-state index >= 15 is 0 Å². The molecule has 1 aromatic rings. The molecule has 18 heavy (non-hydrogen) atoms. The highest BCUT2D eigenvalue weighted by molar-refractivity contribution is 5.73. The highest BCUT2D eigenvalue weighted by atomic mass is 16.5. The van der Waals surface area contributed by atoms with Gasteiger partial charge >= 0.3 is 5.97 Å². The van der Waals surface area contributed by atoms with Crippen molar-refractivity contribution in [1.29, 1.82) is 0 Å². The van der Waals surface area contributed by atoms with Crippen LogP contribution in [0.2, 0.25) is 0 Å². The molecule has 1 N–H and O–H groups in total. The van der Waals surface area contributed by atoms with Gasteiger partial charge in [0.05, 0.1) is 0 Å². The summed E-state index contributed by atoms with van der Waals surface area (Å²) in [5, 5.41) is 9.05. The van der Waals surface area contributed by atoms with Crippen molar-refractivity contribution in [2.75, 3.05) is 0 Å². The van der Waals surface area contributed by atoms with Gasteiger partial charge in [0.15, 0.2) is 6.10 Å². The quantitative estimate of drug-likeness (QED) is 0.805. The summed E-state index contributed by atoms with van der Waals surface area (Å²) in [6.45, 7) is 5.85. The van der Waals surface area contributed by atoms with E-state index < -0.39 is 12.1 Å². The fourth-order valence-corrected chi connectivity index (χ4v) is 1.73. The third-order valence-electron chi connectivity index (χ3n) is 2.85. The van der Waals surface area contributed by atoms with Crippen LogP contribution in [-0.4, -0.2) is 17.2 Å². The predicted octanol–water partition coefficient (Wildman–Crippen LogP) is 3.52. The molecule has 0 radical (unpaired) electrons. The first kappa shape index (κ1) is 14.6. The van der Waals surface area contributed by atoms with Crippen molar-refractivity contribution in [1.82, 2.24) is 0 Å². The molecule has 0 aliphatic heterocycles. The van der Waals surface area contributed by atoms with Gasteiger partial charge in [-0.25, -0.2) is 4.79 Å². The average molecular weight is 250 g/mol. The molecule has 0 spiro atoms. The summed E-state index contributed by atoms with van der Waals surface area (Å²) in [6.07, 6.45) is 2.62. The zero-order valence-corrected chi connectivity index (χ0v) is 11.3. The average Bonchev–Trinajstić information content (AvgIpc) is 2.34. The number of hydrogen-bond acceptors (Lipinski definition) is 2. The lowest BCUT2D eigenvalue weighted by Crippen LogP contribution is -2.32. The maximum atomic E-state index is 11.0. The Morgan fingerprint density at radius 2 is 1.89 bits per heavy atom. The molecular formula is C15H22O3. The van der Waals surface area contributed by atoms with Gasteiger partial charge in [-0.15, -0.1) is 0 Å². The number of hydrogen-bond donors (Lipinski definition) is 1. The second kappa shape index (κ2) is 7.04. The summed E-state index contributed by atoms with van der Waals surface area (Å²) in [7, 11) is 0. The Bertz CT molecular complexity index is 368. The van der Waals surface area contributed by atoms with Crippen LogP contribution in [-0.2, 0) is 11.2 Å². The number of carboxylic acid groups (broad SMARTS) is 1. The van der Waals surface area contributed by atoms with Crippen LogP contribution < -0.4 is 4.74 Å². The van der Waals surface area contributed by atoms with Crippen LogP contribution in [0.3, 0.4) is 0 Å². The highest BCUT2D eigenvalue weighted by Gasteiger charge is 2.23. The summed E-state index contributed by atoms with van der Waals surface area (Å²) >= 11 is 0. The van der Waals surface area contributed by atoms with Gasteiger partial charge < -0.3 is 9.84 Å². The summed E-state index contributed by atoms with van der Waals surface area (Å²) < 4.78 is 5.50. The number of aliphatic carboxylic acids is 1. The van der Waals surface area contributed by atoms with E-state index in [0.29, 0.717) is 5.75 Å². The van der Waals surface area contributed by atoms with Crippen molar-refractivity contribution >= 4 is 5.97 Å². The van der Waals surface area contributed by atoms with Gasteiger partial charge in [0.1, 0.15) is 5.75 Å². The van der Waals surface area contributed by atoms with Crippen LogP contribution >= 0.6 is 0 Å². The lowest BCUT2D eigenvalue weighted by atomic mass is 10.1. The number of carbonyl (C=O) groups is 1. The predicted molar refractivity (Wildman–Crippen MR) is 71.9 cm³/mol. The van der Waals surface area contributed by atoms with E-state index in [4.69, 9.17) is 9.84 Å². The molecule has 0 aliphatic carbocycles. The van der Waals surface area contributed by atoms with Crippen molar-refractivity contribution in [3.63, 3.8) is 0 Å². The largest absolute Gasteiger partial charge is 0.478 e. The molecule has 0 saturated heterocycles. The summed E-state index contributed by atoms with van der Waals surface area (Å²) in [6, 6.07) is 7.71. The molecule has 100 valence electrons. The molecule has 1 unspecified atom stereocenters. The maximum absolute atomic E-state index is 11.0. The van der Waals surface area contributed by atoms with Gasteiger partial charge in [-0.2, -0.15) is 0 Å². The van der Waals surface area contributed by atoms with Gasteiger partial charge in [0.25, 0.3) is 0 Å². The van der Waals surface area contributed by atoms with Gasteiger partial charge in [-0.3, -0.25) is 0 Å². The van der Waals surface area contributed by atoms with Gasteiger partial charge in [0.2, 0.25) is 0 Å². The molecule has 0 saturated carbocycles. The summed E-state index contributed by atoms with van der Waals surface area (Å²) in [5.41, 5.74) is 1.26. The molecule has 1 rings (SSSR count). The minimum absolute atomic E-state index is 0.0535. The van der Waals surface area contributed by atoms with E-state index in [2.05, 4.69) is 6.92 Å². The standard InChI is InChI=1S/C15H22O3/c1-4-5-6-12-7-9-13(10-8-12)18-14(11(2)3)15(16)17/h7-11,14H,4-6H2,1-3H3,(H,16,17). The normalized spacial score (nSPS) is 12.4. The van der Waals surface area contributed by atoms with E-state index in [1.54, 1.807) is 0 Å². The Labute approximate surface area is 109 Å². The fourth-order valence-electron chi connectivity index (χ4n) is 1.73. The van der Waals surface area contributed by atoms with E-state index in [1.165, 1.54) is 18.4 Å². The number of rotatable bonds is 7. The number of benzene rings is 1. The van der Waals surface area contributed by atoms with Gasteiger partial charge in [-0.05, 0) is 30.5 Å². The van der Waals surface area contributed by atoms with Crippen molar-refractivity contribution in [3.05, 3.63) is 29.8 Å². The minimum atomic E-state index is -0.917. The topological polar surface area (TPSA) is 46.5 Å². The third-order valence-corrected chi connectivity index (χ3v) is 2.85. The van der Waals surface area contributed by atoms with Crippen LogP contribution in [0.25, 0.3) is 0 Å². The maximum Gasteiger partial charge on any atom is 0.345 e. The third kappa shape index (κ3) is 4.40. The minimum Gasteiger partial charge on any atom is -0.478 e. The van der Waals surface area contributed by atoms with Gasteiger partial charge in [-0.1, -0.05) is 39.3 Å². The van der Waals surface area contributed by atoms with Gasteiger partial charge in [0, 0.05) is 5.92 Å². The molecule has 0 aromatic heterocycles. The zero-order valence-electron chi connectivity index (χ0n) is 11.3. The monoisotopic (exact) mass is 250 g/mol. The first-order valence-corrected chi connectivity index (χ1v) is 6.53. The lowest BCUT2D eigenvalue weighted by Gasteiger charge is -2.18. The van der Waals surface area contributed by atoms with Crippen molar-refractivity contribution in [2.24, 2.45) is 5.92 Å². The van der Waals surface area contributed by atoms with E-state index in [9.17, 15) is 4.79 Å². The first-order chi connectivity index (χ1) is 8.54. The van der Waals surface area contributed by atoms with Crippen molar-refractivity contribution in [2.45, 2.75) is 46.1 Å². The van der Waals surface area contributed by atoms with Crippen LogP contribution in [0.5, 0.6) is 5.75 Å². The van der Waals surface area contributed by atoms with E-state index in [0.717, 1.165) is 6.42 Å². The molecule has 3 nitrogen and oxygen atoms in total. The molecule has 1 atom stereocenters. The van der Waals surface area contributed by atoms with Crippen molar-refractivity contribution in [3.8, 4) is 5.75 Å². The lowest BCUT2D eigenvalue weighted by molar-refractivity contribution is -0.147. The van der Waals surface area contributed by atoms with E-state index in [1.807, 2.05) is 38.1 Å². The Morgan fingerprint density at radius 1 is 1.28 bits per heavy atom. The van der Waals surface area contributed by atoms with Crippen LogP contribution in [0.1, 0.15) is 39.2 Å². The summed E-state index contributed by atoms with van der Waals surface area (Å²) in [4.78, 5) is 11.0. The number of ether oxygens (including phenoxy) is 1. The molecule has 0 aliphatic rings. The SMILES string of the molecule is CCCCc1ccc(OC(C(=O)O)C(C)C)cc1. The van der Waals surface area contributed by atoms with Crippen molar-refractivity contribution < 1.29 is 14.6 Å². The molecule has 0 heterocycles. The molecule has 0 fully saturated rings. The van der Waals surface area contributed by atoms with Crippen LogP contribution in [0.15, 0.2) is 24.3 Å². The smallest absolute Gasteiger partial charge is 0.345 e. The zero-order chi connectivity index (χ0) is 13.5. The number of carboxylic acids is 1. The first-order valence-electron chi connectivity index (χ1n) is 6.53. The molecule has 1 aromatic carbocycles. The Balaban J connectivity index is 2.64. The molecule has 0 bridgehead atoms. The Kier molecular flexibility index (Phi) is 5.69. The van der Waals surface area contributed by atoms with Crippen LogP contribution in [0.4, 0.5) is 0 Å². The molecule has 0 amide bonds. The van der Waals surface area contributed by atoms with E-state index in [-0.39, 0.29) is 5.92 Å². The fraction of sp³-hybridized carbons (Fsp3) is 0.533. The highest BCUT2D eigenvalue weighted by Crippen LogP contribution is 2.18. The Hall–Kier alpha value is -1.51. The molecular weight excluding hydrogens is 228 g/mol. The molecule has 3 heteroatoms. The van der Waals surface area contributed by atoms with Crippen LogP contribution in [0, 0.1) is 5.92 Å². The number of unbranched alkanes of at least 4 members (excludes halogenated alkanes) is 1.